The lowest BCUT2D eigenvalue weighted by Crippen LogP contribution is -2.33. The molecule has 1 amide bonds. The van der Waals surface area contributed by atoms with Crippen molar-refractivity contribution in [2.24, 2.45) is 0 Å². The van der Waals surface area contributed by atoms with Gasteiger partial charge in [0.15, 0.2) is 11.5 Å². The molecule has 1 fully saturated rings. The molecule has 3 rings (SSSR count). The van der Waals surface area contributed by atoms with Crippen LogP contribution in [0.15, 0.2) is 48.0 Å². The average Bonchev–Trinajstić information content (AvgIpc) is 3.24. The first-order chi connectivity index (χ1) is 19.9. The second kappa shape index (κ2) is 16.1. The minimum Gasteiger partial charge on any atom is -0.507 e. The van der Waals surface area contributed by atoms with Gasteiger partial charge in [0.2, 0.25) is 0 Å². The fraction of sp³-hybridized carbons (Fsp3) is 0.515. The molecule has 0 aromatic heterocycles. The predicted molar refractivity (Wildman–Crippen MR) is 162 cm³/mol. The van der Waals surface area contributed by atoms with Gasteiger partial charge >= 0.3 is 0 Å². The van der Waals surface area contributed by atoms with E-state index in [0.717, 1.165) is 45.3 Å². The van der Waals surface area contributed by atoms with Gasteiger partial charge in [-0.1, -0.05) is 58.7 Å². The van der Waals surface area contributed by atoms with Crippen molar-refractivity contribution in [3.8, 4) is 17.2 Å². The number of methoxy groups -OCH3 is 1. The second-order valence-corrected chi connectivity index (χ2v) is 10.2. The summed E-state index contributed by atoms with van der Waals surface area (Å²) < 4.78 is 17.4. The predicted octanol–water partition coefficient (Wildman–Crippen LogP) is 6.21. The third kappa shape index (κ3) is 8.03. The smallest absolute Gasteiger partial charge is 0.295 e. The van der Waals surface area contributed by atoms with Crippen LogP contribution in [0.4, 0.5) is 0 Å². The van der Waals surface area contributed by atoms with E-state index < -0.39 is 17.7 Å². The number of nitrogens with zero attached hydrogens (tertiary/aromatic N) is 2. The Morgan fingerprint density at radius 2 is 1.61 bits per heavy atom. The number of hydrogen-bond donors (Lipinski definition) is 1. The van der Waals surface area contributed by atoms with E-state index in [1.165, 1.54) is 0 Å². The quantitative estimate of drug-likeness (QED) is 0.105. The summed E-state index contributed by atoms with van der Waals surface area (Å²) in [6, 6.07) is 11.7. The Morgan fingerprint density at radius 3 is 2.27 bits per heavy atom. The van der Waals surface area contributed by atoms with Crippen molar-refractivity contribution in [1.29, 1.82) is 0 Å². The number of ether oxygens (including phenoxy) is 3. The number of benzene rings is 2. The number of amides is 1. The van der Waals surface area contributed by atoms with Crippen LogP contribution in [0.3, 0.4) is 0 Å². The normalized spacial score (nSPS) is 16.4. The zero-order valence-corrected chi connectivity index (χ0v) is 25.3. The monoisotopic (exact) mass is 566 g/mol. The number of Topliss-reactive ketones (excluding diaryl/α,β-unsaturated/α-hetero) is 1. The summed E-state index contributed by atoms with van der Waals surface area (Å²) in [5.74, 6) is 0.174. The third-order valence-electron chi connectivity index (χ3n) is 7.44. The minimum atomic E-state index is -0.769. The lowest BCUT2D eigenvalue weighted by molar-refractivity contribution is -0.140. The summed E-state index contributed by atoms with van der Waals surface area (Å²) in [6.07, 6.45) is 4.53. The maximum atomic E-state index is 13.5. The molecule has 1 aliphatic heterocycles. The Bertz CT molecular complexity index is 1190. The van der Waals surface area contributed by atoms with Gasteiger partial charge in [0.1, 0.15) is 11.5 Å². The first-order valence-electron chi connectivity index (χ1n) is 14.9. The Balaban J connectivity index is 2.05. The number of aliphatic hydroxyl groups is 1. The van der Waals surface area contributed by atoms with E-state index in [0.29, 0.717) is 54.6 Å². The molecular formula is C33H46N2O6. The molecule has 2 aromatic rings. The Hall–Kier alpha value is -3.52. The van der Waals surface area contributed by atoms with E-state index in [4.69, 9.17) is 14.2 Å². The van der Waals surface area contributed by atoms with E-state index in [2.05, 4.69) is 32.6 Å². The highest BCUT2D eigenvalue weighted by molar-refractivity contribution is 6.46. The first-order valence-corrected chi connectivity index (χ1v) is 14.9. The topological polar surface area (TPSA) is 88.5 Å². The maximum Gasteiger partial charge on any atom is 0.295 e. The summed E-state index contributed by atoms with van der Waals surface area (Å²) in [5.41, 5.74) is 1.16. The molecule has 0 radical (unpaired) electrons. The fourth-order valence-corrected chi connectivity index (χ4v) is 4.98. The summed E-state index contributed by atoms with van der Waals surface area (Å²) in [4.78, 5) is 30.8. The second-order valence-electron chi connectivity index (χ2n) is 10.2. The molecule has 1 heterocycles. The molecule has 2 aromatic carbocycles. The number of carbonyl (C=O) groups is 2. The van der Waals surface area contributed by atoms with Crippen LogP contribution in [0, 0.1) is 0 Å². The summed E-state index contributed by atoms with van der Waals surface area (Å²) in [6.45, 7) is 12.5. The number of rotatable bonds is 17. The highest BCUT2D eigenvalue weighted by Gasteiger charge is 2.46. The van der Waals surface area contributed by atoms with E-state index in [1.54, 1.807) is 36.3 Å². The molecular weight excluding hydrogens is 520 g/mol. The van der Waals surface area contributed by atoms with Crippen molar-refractivity contribution >= 4 is 17.4 Å². The zero-order chi connectivity index (χ0) is 29.8. The van der Waals surface area contributed by atoms with Gasteiger partial charge in [0.05, 0.1) is 31.9 Å². The van der Waals surface area contributed by atoms with Crippen LogP contribution >= 0.6 is 0 Å². The first kappa shape index (κ1) is 32.0. The van der Waals surface area contributed by atoms with E-state index >= 15 is 0 Å². The van der Waals surface area contributed by atoms with Crippen LogP contribution in [0.25, 0.3) is 5.76 Å². The van der Waals surface area contributed by atoms with Crippen LogP contribution in [0.1, 0.15) is 77.0 Å². The van der Waals surface area contributed by atoms with Gasteiger partial charge in [-0.3, -0.25) is 9.59 Å². The van der Waals surface area contributed by atoms with Crippen LogP contribution in [-0.2, 0) is 9.59 Å². The molecule has 1 unspecified atom stereocenters. The Kier molecular flexibility index (Phi) is 12.5. The van der Waals surface area contributed by atoms with Crippen molar-refractivity contribution in [2.75, 3.05) is 46.5 Å². The molecule has 1 aliphatic rings. The molecule has 1 saturated heterocycles. The largest absolute Gasteiger partial charge is 0.507 e. The third-order valence-corrected chi connectivity index (χ3v) is 7.44. The molecule has 0 bridgehead atoms. The molecule has 41 heavy (non-hydrogen) atoms. The number of unbranched alkanes of at least 4 members (excludes halogenated alkanes) is 2. The standard InChI is InChI=1S/C33H46N2O6/c1-6-10-20-40-26-15-12-14-25(22-26)31(36)29-30(24-16-17-27(28(23-24)39-5)41-21-11-7-2)35(33(38)32(29)37)19-13-18-34(8-3)9-4/h12,14-17,22-23,30,36H,6-11,13,18-21H2,1-5H3/b31-29+. The zero-order valence-electron chi connectivity index (χ0n) is 25.3. The minimum absolute atomic E-state index is 0.0604. The van der Waals surface area contributed by atoms with Crippen molar-refractivity contribution in [1.82, 2.24) is 9.80 Å². The number of ketones is 1. The number of hydrogen-bond acceptors (Lipinski definition) is 7. The molecule has 224 valence electrons. The maximum absolute atomic E-state index is 13.5. The Morgan fingerprint density at radius 1 is 0.902 bits per heavy atom. The van der Waals surface area contributed by atoms with Crippen LogP contribution in [0.5, 0.6) is 17.2 Å². The fourth-order valence-electron chi connectivity index (χ4n) is 4.98. The SMILES string of the molecule is CCCCOc1cccc(/C(O)=C2\C(=O)C(=O)N(CCCN(CC)CC)C2c2ccc(OCCCC)c(OC)c2)c1. The number of likely N-dealkylation sites (tertiary alicyclic amines) is 1. The molecule has 1 N–H and O–H groups in total. The highest BCUT2D eigenvalue weighted by Crippen LogP contribution is 2.42. The molecule has 0 aliphatic carbocycles. The van der Waals surface area contributed by atoms with Crippen molar-refractivity contribution in [3.63, 3.8) is 0 Å². The van der Waals surface area contributed by atoms with Crippen LogP contribution in [-0.4, -0.2) is 73.1 Å². The van der Waals surface area contributed by atoms with Crippen LogP contribution in [0.2, 0.25) is 0 Å². The van der Waals surface area contributed by atoms with Crippen molar-refractivity contribution < 1.29 is 28.9 Å². The molecule has 8 nitrogen and oxygen atoms in total. The van der Waals surface area contributed by atoms with Gasteiger partial charge in [0.25, 0.3) is 11.7 Å². The Labute approximate surface area is 244 Å². The van der Waals surface area contributed by atoms with Crippen molar-refractivity contribution in [2.45, 2.75) is 65.8 Å². The molecule has 0 saturated carbocycles. The van der Waals surface area contributed by atoms with Gasteiger partial charge in [0, 0.05) is 12.1 Å². The summed E-state index contributed by atoms with van der Waals surface area (Å²) >= 11 is 0. The van der Waals surface area contributed by atoms with Crippen LogP contribution < -0.4 is 14.2 Å². The molecule has 8 heteroatoms. The van der Waals surface area contributed by atoms with Gasteiger partial charge in [-0.25, -0.2) is 0 Å². The van der Waals surface area contributed by atoms with Gasteiger partial charge in [-0.15, -0.1) is 0 Å². The van der Waals surface area contributed by atoms with E-state index in [9.17, 15) is 14.7 Å². The molecule has 0 spiro atoms. The number of aliphatic hydroxyl groups excluding tert-OH is 1. The van der Waals surface area contributed by atoms with Gasteiger partial charge < -0.3 is 29.1 Å². The van der Waals surface area contributed by atoms with Gasteiger partial charge in [-0.2, -0.15) is 0 Å². The summed E-state index contributed by atoms with van der Waals surface area (Å²) in [5, 5.41) is 11.5. The highest BCUT2D eigenvalue weighted by atomic mass is 16.5. The van der Waals surface area contributed by atoms with Crippen molar-refractivity contribution in [3.05, 3.63) is 59.2 Å². The lowest BCUT2D eigenvalue weighted by Gasteiger charge is -2.27. The lowest BCUT2D eigenvalue weighted by atomic mass is 9.95. The average molecular weight is 567 g/mol. The van der Waals surface area contributed by atoms with E-state index in [1.807, 2.05) is 18.2 Å². The summed E-state index contributed by atoms with van der Waals surface area (Å²) in [7, 11) is 1.57. The van der Waals surface area contributed by atoms with E-state index in [-0.39, 0.29) is 11.3 Å². The molecule has 1 atom stereocenters. The number of carbonyl (C=O) groups excluding carboxylic acids is 2. The van der Waals surface area contributed by atoms with Gasteiger partial charge in [-0.05, 0) is 68.7 Å².